The lowest BCUT2D eigenvalue weighted by Gasteiger charge is -2.34. The fourth-order valence-electron chi connectivity index (χ4n) is 8.92. The Kier molecular flexibility index (Phi) is 19.5. The number of carbonyl (C=O) groups is 4. The van der Waals surface area contributed by atoms with Gasteiger partial charge in [-0.25, -0.2) is 4.98 Å². The molecule has 16 heteroatoms. The Hall–Kier alpha value is -5.85. The number of aryl methyl sites for hydroxylation is 2. The number of aromatic hydroxyl groups is 2. The summed E-state index contributed by atoms with van der Waals surface area (Å²) in [4.78, 5) is 64.5. The summed E-state index contributed by atoms with van der Waals surface area (Å²) in [5.41, 5.74) is 6.19. The van der Waals surface area contributed by atoms with Crippen LogP contribution in [0.5, 0.6) is 17.2 Å². The molecule has 7 rings (SSSR count). The van der Waals surface area contributed by atoms with Crippen molar-refractivity contribution in [2.75, 3.05) is 72.9 Å². The molecule has 6 aromatic rings. The molecule has 0 spiro atoms. The highest BCUT2D eigenvalue weighted by Gasteiger charge is 2.44. The van der Waals surface area contributed by atoms with Crippen LogP contribution in [0.2, 0.25) is 0 Å². The number of phenolic OH excluding ortho intramolecular Hbond substituents is 2. The monoisotopic (exact) mass is 1030 g/mol. The van der Waals surface area contributed by atoms with E-state index in [0.29, 0.717) is 56.3 Å². The standard InChI is InChI=1S/C57H67N3O11S2/c1-37-54(72-36-58-37)40-10-7-38(8-11-40)9-22-50(65)49-32-44(63)34-60(49)56(67)48(57(2,3)4)31-45(64)35-70-30-29-69-28-27-68-25-6-23-59(5)24-26-71-46-19-14-39(15-20-46)53(66)52-47-21-18-43(62)33-51(47)73-55(52)41-12-16-42(61)17-13-41/h7-8,10-21,33,36,44,48-49,61-63H,6,9,22-32,34-35H2,1-5H3/t44-,48-,49+/m1/s1. The molecule has 0 saturated carbocycles. The van der Waals surface area contributed by atoms with Gasteiger partial charge in [0.05, 0.1) is 54.7 Å². The second-order valence-corrected chi connectivity index (χ2v) is 21.6. The number of hydrogen-bond donors (Lipinski definition) is 3. The minimum absolute atomic E-state index is 0.0372. The van der Waals surface area contributed by atoms with Gasteiger partial charge in [-0.1, -0.05) is 45.0 Å². The van der Waals surface area contributed by atoms with Crippen molar-refractivity contribution in [1.82, 2.24) is 14.8 Å². The molecule has 4 aromatic carbocycles. The van der Waals surface area contributed by atoms with Gasteiger partial charge in [0.15, 0.2) is 17.3 Å². The first-order valence-electron chi connectivity index (χ1n) is 24.8. The van der Waals surface area contributed by atoms with Gasteiger partial charge in [0.1, 0.15) is 30.5 Å². The lowest BCUT2D eigenvalue weighted by molar-refractivity contribution is -0.146. The Morgan fingerprint density at radius 2 is 1.47 bits per heavy atom. The molecule has 1 saturated heterocycles. The Morgan fingerprint density at radius 3 is 2.15 bits per heavy atom. The highest BCUT2D eigenvalue weighted by molar-refractivity contribution is 7.22. The smallest absolute Gasteiger partial charge is 0.227 e. The molecule has 3 N–H and O–H groups in total. The van der Waals surface area contributed by atoms with Crippen LogP contribution in [0.25, 0.3) is 31.0 Å². The predicted molar refractivity (Wildman–Crippen MR) is 285 cm³/mol. The number of ketones is 3. The molecule has 3 heterocycles. The number of aromatic nitrogens is 1. The Morgan fingerprint density at radius 1 is 0.808 bits per heavy atom. The Bertz CT molecular complexity index is 2780. The number of hydrogen-bond acceptors (Lipinski definition) is 15. The van der Waals surface area contributed by atoms with Crippen LogP contribution in [0.1, 0.15) is 73.6 Å². The summed E-state index contributed by atoms with van der Waals surface area (Å²) < 4.78 is 23.8. The van der Waals surface area contributed by atoms with E-state index in [1.54, 1.807) is 78.1 Å². The van der Waals surface area contributed by atoms with E-state index >= 15 is 0 Å². The molecule has 73 heavy (non-hydrogen) atoms. The molecule has 1 amide bonds. The van der Waals surface area contributed by atoms with Crippen molar-refractivity contribution in [3.8, 4) is 38.1 Å². The van der Waals surface area contributed by atoms with Crippen molar-refractivity contribution in [2.24, 2.45) is 11.3 Å². The number of ether oxygens (including phenoxy) is 4. The summed E-state index contributed by atoms with van der Waals surface area (Å²) in [6.45, 7) is 11.4. The van der Waals surface area contributed by atoms with E-state index in [1.165, 1.54) is 16.2 Å². The fraction of sp³-hybridized carbons (Fsp3) is 0.421. The molecule has 3 atom stereocenters. The molecule has 1 aliphatic heterocycles. The van der Waals surface area contributed by atoms with Gasteiger partial charge in [-0.15, -0.1) is 22.7 Å². The Balaban J connectivity index is 0.738. The van der Waals surface area contributed by atoms with Crippen molar-refractivity contribution in [3.05, 3.63) is 119 Å². The zero-order valence-electron chi connectivity index (χ0n) is 42.3. The van der Waals surface area contributed by atoms with Crippen LogP contribution in [0.15, 0.2) is 96.5 Å². The third-order valence-corrected chi connectivity index (χ3v) is 15.2. The van der Waals surface area contributed by atoms with E-state index in [1.807, 2.05) is 64.5 Å². The van der Waals surface area contributed by atoms with E-state index in [0.717, 1.165) is 55.2 Å². The average molecular weight is 1030 g/mol. The third-order valence-electron chi connectivity index (χ3n) is 13.1. The number of rotatable bonds is 27. The van der Waals surface area contributed by atoms with Crippen LogP contribution in [-0.4, -0.2) is 138 Å². The molecule has 0 unspecified atom stereocenters. The molecule has 0 radical (unpaired) electrons. The van der Waals surface area contributed by atoms with Crippen molar-refractivity contribution >= 4 is 56.0 Å². The highest BCUT2D eigenvalue weighted by atomic mass is 32.1. The summed E-state index contributed by atoms with van der Waals surface area (Å²) in [7, 11) is 2.02. The highest BCUT2D eigenvalue weighted by Crippen LogP contribution is 2.42. The maximum absolute atomic E-state index is 14.0. The number of likely N-dealkylation sites (tertiary alicyclic amines) is 1. The van der Waals surface area contributed by atoms with Crippen molar-refractivity contribution in [1.29, 1.82) is 0 Å². The van der Waals surface area contributed by atoms with E-state index in [4.69, 9.17) is 18.9 Å². The predicted octanol–water partition coefficient (Wildman–Crippen LogP) is 9.18. The van der Waals surface area contributed by atoms with Crippen molar-refractivity contribution < 1.29 is 53.4 Å². The molecule has 1 fully saturated rings. The summed E-state index contributed by atoms with van der Waals surface area (Å²) in [6, 6.07) is 26.2. The molecule has 0 bridgehead atoms. The van der Waals surface area contributed by atoms with Crippen LogP contribution in [-0.2, 0) is 35.0 Å². The summed E-state index contributed by atoms with van der Waals surface area (Å²) in [5, 5.41) is 31.3. The molecule has 2 aromatic heterocycles. The molecular weight excluding hydrogens is 967 g/mol. The fourth-order valence-corrected chi connectivity index (χ4v) is 11.0. The quantitative estimate of drug-likeness (QED) is 0.0328. The number of thiophene rings is 1. The van der Waals surface area contributed by atoms with Crippen molar-refractivity contribution in [3.63, 3.8) is 0 Å². The van der Waals surface area contributed by atoms with Crippen molar-refractivity contribution in [2.45, 2.75) is 71.9 Å². The number of phenols is 2. The number of aliphatic hydroxyl groups is 1. The van der Waals surface area contributed by atoms with Crippen LogP contribution >= 0.6 is 22.7 Å². The lowest BCUT2D eigenvalue weighted by atomic mass is 9.76. The van der Waals surface area contributed by atoms with Gasteiger partial charge in [-0.3, -0.25) is 19.2 Å². The maximum atomic E-state index is 14.0. The number of carbonyl (C=O) groups excluding carboxylic acids is 4. The maximum Gasteiger partial charge on any atom is 0.227 e. The van der Waals surface area contributed by atoms with Crippen LogP contribution < -0.4 is 4.74 Å². The van der Waals surface area contributed by atoms with Gasteiger partial charge in [0.2, 0.25) is 5.91 Å². The molecule has 14 nitrogen and oxygen atoms in total. The topological polar surface area (TPSA) is 185 Å². The number of aliphatic hydroxyl groups excluding tert-OH is 1. The van der Waals surface area contributed by atoms with E-state index < -0.39 is 23.5 Å². The SMILES string of the molecule is Cc1ncsc1-c1ccc(CCC(=O)[C@@H]2C[C@@H](O)CN2C(=O)[C@@H](CC(=O)COCCOCCOCCCN(C)CCOc2ccc(C(=O)c3c(-c4ccc(O)cc4)sc4cc(O)ccc34)cc2)C(C)(C)C)cc1. The Labute approximate surface area is 435 Å². The minimum Gasteiger partial charge on any atom is -0.508 e. The van der Waals surface area contributed by atoms with E-state index in [9.17, 15) is 34.5 Å². The summed E-state index contributed by atoms with van der Waals surface area (Å²) >= 11 is 3.01. The first-order valence-corrected chi connectivity index (χ1v) is 26.5. The molecular formula is C57H67N3O11S2. The second-order valence-electron chi connectivity index (χ2n) is 19.7. The number of β-amino-alcohol motifs (C(OH)–C–C–N with tert-alkyl or cyclic N) is 1. The van der Waals surface area contributed by atoms with Gasteiger partial charge < -0.3 is 44.1 Å². The van der Waals surface area contributed by atoms with E-state index in [-0.39, 0.29) is 80.4 Å². The average Bonchev–Trinajstić information content (AvgIpc) is 4.10. The summed E-state index contributed by atoms with van der Waals surface area (Å²) in [5.74, 6) is -0.527. The van der Waals surface area contributed by atoms with Crippen LogP contribution in [0, 0.1) is 18.3 Å². The first kappa shape index (κ1) is 54.9. The number of nitrogens with zero attached hydrogens (tertiary/aromatic N) is 3. The normalized spacial score (nSPS) is 15.3. The largest absolute Gasteiger partial charge is 0.508 e. The van der Waals surface area contributed by atoms with Gasteiger partial charge in [0.25, 0.3) is 0 Å². The number of benzene rings is 4. The minimum atomic E-state index is -0.808. The summed E-state index contributed by atoms with van der Waals surface area (Å²) in [6.07, 6.45) is 0.913. The number of fused-ring (bicyclic) bond motifs is 1. The number of likely N-dealkylation sites (N-methyl/N-ethyl adjacent to an activating group) is 1. The number of amides is 1. The lowest BCUT2D eigenvalue weighted by Crippen LogP contribution is -2.47. The zero-order valence-corrected chi connectivity index (χ0v) is 44.0. The van der Waals surface area contributed by atoms with Gasteiger partial charge in [-0.05, 0) is 116 Å². The van der Waals surface area contributed by atoms with Gasteiger partial charge >= 0.3 is 0 Å². The zero-order chi connectivity index (χ0) is 52.1. The van der Waals surface area contributed by atoms with Crippen LogP contribution in [0.3, 0.4) is 0 Å². The molecule has 0 aliphatic carbocycles. The van der Waals surface area contributed by atoms with Gasteiger partial charge in [-0.2, -0.15) is 0 Å². The molecule has 388 valence electrons. The first-order chi connectivity index (χ1) is 35.0. The van der Waals surface area contributed by atoms with Crippen LogP contribution in [0.4, 0.5) is 0 Å². The van der Waals surface area contributed by atoms with Gasteiger partial charge in [0, 0.05) is 77.5 Å². The molecule has 1 aliphatic rings. The third kappa shape index (κ3) is 15.1. The van der Waals surface area contributed by atoms with E-state index in [2.05, 4.69) is 9.88 Å². The number of Topliss-reactive ketones (excluding diaryl/α,β-unsaturated/α-hetero) is 2. The number of thiazole rings is 1. The second kappa shape index (κ2) is 25.9.